The fraction of sp³-hybridized carbons (Fsp3) is 0.867. The molecule has 0 bridgehead atoms. The molecule has 1 amide bonds. The van der Waals surface area contributed by atoms with Crippen LogP contribution >= 0.6 is 0 Å². The summed E-state index contributed by atoms with van der Waals surface area (Å²) in [5.74, 6) is -1.03. The van der Waals surface area contributed by atoms with E-state index in [1.165, 1.54) is 0 Å². The van der Waals surface area contributed by atoms with Gasteiger partial charge in [0, 0.05) is 26.2 Å². The lowest BCUT2D eigenvalue weighted by molar-refractivity contribution is -0.144. The molecule has 1 heterocycles. The molecule has 128 valence electrons. The first-order valence-electron chi connectivity index (χ1n) is 7.73. The number of ether oxygens (including phenoxy) is 2. The molecule has 0 aliphatic carbocycles. The lowest BCUT2D eigenvalue weighted by atomic mass is 9.99. The first-order chi connectivity index (χ1) is 10.2. The molecule has 0 spiro atoms. The van der Waals surface area contributed by atoms with Gasteiger partial charge in [-0.05, 0) is 33.6 Å². The second-order valence-electron chi connectivity index (χ2n) is 6.65. The monoisotopic (exact) mass is 316 g/mol. The summed E-state index contributed by atoms with van der Waals surface area (Å²) in [7, 11) is 0. The molecule has 7 nitrogen and oxygen atoms in total. The highest BCUT2D eigenvalue weighted by atomic mass is 16.6. The SMILES string of the molecule is CCCOCCN1CCC(NC(=O)OC(C)(C)C)(C(=O)O)C1. The molecule has 0 aromatic heterocycles. The lowest BCUT2D eigenvalue weighted by Crippen LogP contribution is -2.57. The average Bonchev–Trinajstić information content (AvgIpc) is 2.77. The second kappa shape index (κ2) is 7.78. The molecule has 1 aliphatic heterocycles. The molecule has 1 unspecified atom stereocenters. The average molecular weight is 316 g/mol. The smallest absolute Gasteiger partial charge is 0.408 e. The van der Waals surface area contributed by atoms with Crippen molar-refractivity contribution in [1.29, 1.82) is 0 Å². The molecule has 0 radical (unpaired) electrons. The van der Waals surface area contributed by atoms with Gasteiger partial charge in [0.05, 0.1) is 6.61 Å². The third-order valence-corrected chi connectivity index (χ3v) is 3.40. The number of carboxylic acid groups (broad SMARTS) is 1. The summed E-state index contributed by atoms with van der Waals surface area (Å²) in [5, 5.41) is 12.0. The van der Waals surface area contributed by atoms with Gasteiger partial charge in [-0.2, -0.15) is 0 Å². The van der Waals surface area contributed by atoms with Crippen LogP contribution in [0.1, 0.15) is 40.5 Å². The Morgan fingerprint density at radius 2 is 2.00 bits per heavy atom. The molecule has 1 atom stereocenters. The Kier molecular flexibility index (Phi) is 6.62. The van der Waals surface area contributed by atoms with Gasteiger partial charge in [-0.1, -0.05) is 6.92 Å². The highest BCUT2D eigenvalue weighted by Crippen LogP contribution is 2.22. The topological polar surface area (TPSA) is 88.1 Å². The van der Waals surface area contributed by atoms with Crippen molar-refractivity contribution in [3.8, 4) is 0 Å². The first-order valence-corrected chi connectivity index (χ1v) is 7.73. The number of nitrogens with zero attached hydrogens (tertiary/aromatic N) is 1. The van der Waals surface area contributed by atoms with Crippen molar-refractivity contribution in [3.63, 3.8) is 0 Å². The quantitative estimate of drug-likeness (QED) is 0.692. The van der Waals surface area contributed by atoms with E-state index >= 15 is 0 Å². The molecule has 2 N–H and O–H groups in total. The number of rotatable bonds is 7. The number of aliphatic carboxylic acids is 1. The predicted octanol–water partition coefficient (Wildman–Crippen LogP) is 1.47. The molecule has 1 saturated heterocycles. The molecule has 0 saturated carbocycles. The Labute approximate surface area is 131 Å². The second-order valence-corrected chi connectivity index (χ2v) is 6.65. The zero-order valence-corrected chi connectivity index (χ0v) is 14.0. The van der Waals surface area contributed by atoms with E-state index < -0.39 is 23.2 Å². The molecule has 1 rings (SSSR count). The van der Waals surface area contributed by atoms with E-state index in [1.807, 2.05) is 11.8 Å². The van der Waals surface area contributed by atoms with Crippen LogP contribution in [-0.2, 0) is 14.3 Å². The third kappa shape index (κ3) is 5.81. The van der Waals surface area contributed by atoms with Gasteiger partial charge in [0.1, 0.15) is 5.60 Å². The normalized spacial score (nSPS) is 22.5. The van der Waals surface area contributed by atoms with Crippen LogP contribution in [0.15, 0.2) is 0 Å². The van der Waals surface area contributed by atoms with Crippen molar-refractivity contribution in [1.82, 2.24) is 10.2 Å². The zero-order chi connectivity index (χ0) is 16.8. The minimum absolute atomic E-state index is 0.261. The lowest BCUT2D eigenvalue weighted by Gasteiger charge is -2.28. The van der Waals surface area contributed by atoms with Gasteiger partial charge in [0.15, 0.2) is 5.54 Å². The van der Waals surface area contributed by atoms with Crippen molar-refractivity contribution in [2.45, 2.75) is 51.7 Å². The maximum atomic E-state index is 11.9. The fourth-order valence-electron chi connectivity index (χ4n) is 2.35. The molecule has 22 heavy (non-hydrogen) atoms. The Morgan fingerprint density at radius 3 is 2.55 bits per heavy atom. The van der Waals surface area contributed by atoms with Crippen LogP contribution in [0.4, 0.5) is 4.79 Å². The van der Waals surface area contributed by atoms with E-state index in [0.29, 0.717) is 32.7 Å². The largest absolute Gasteiger partial charge is 0.479 e. The van der Waals surface area contributed by atoms with Crippen LogP contribution in [-0.4, -0.2) is 66.1 Å². The Balaban J connectivity index is 2.55. The third-order valence-electron chi connectivity index (χ3n) is 3.40. The number of hydrogen-bond acceptors (Lipinski definition) is 5. The molecule has 0 aromatic rings. The van der Waals surface area contributed by atoms with E-state index in [2.05, 4.69) is 5.32 Å². The number of alkyl carbamates (subject to hydrolysis) is 1. The van der Waals surface area contributed by atoms with Gasteiger partial charge in [-0.25, -0.2) is 9.59 Å². The van der Waals surface area contributed by atoms with E-state index in [1.54, 1.807) is 20.8 Å². The number of amides is 1. The summed E-state index contributed by atoms with van der Waals surface area (Å²) in [5.41, 5.74) is -1.94. The summed E-state index contributed by atoms with van der Waals surface area (Å²) in [6, 6.07) is 0. The summed E-state index contributed by atoms with van der Waals surface area (Å²) >= 11 is 0. The first kappa shape index (κ1) is 18.7. The van der Waals surface area contributed by atoms with E-state index in [0.717, 1.165) is 6.42 Å². The fourth-order valence-corrected chi connectivity index (χ4v) is 2.35. The number of carbonyl (C=O) groups excluding carboxylic acids is 1. The van der Waals surface area contributed by atoms with Gasteiger partial charge in [0.2, 0.25) is 0 Å². The van der Waals surface area contributed by atoms with Crippen LogP contribution in [0.2, 0.25) is 0 Å². The number of nitrogens with one attached hydrogen (secondary N) is 1. The predicted molar refractivity (Wildman–Crippen MR) is 81.9 cm³/mol. The summed E-state index contributed by atoms with van der Waals surface area (Å²) < 4.78 is 10.6. The molecular weight excluding hydrogens is 288 g/mol. The minimum atomic E-state index is -1.28. The molecule has 1 fully saturated rings. The van der Waals surface area contributed by atoms with Gasteiger partial charge in [-0.15, -0.1) is 0 Å². The van der Waals surface area contributed by atoms with E-state index in [4.69, 9.17) is 9.47 Å². The van der Waals surface area contributed by atoms with Crippen LogP contribution < -0.4 is 5.32 Å². The van der Waals surface area contributed by atoms with Gasteiger partial charge in [0.25, 0.3) is 0 Å². The number of likely N-dealkylation sites (tertiary alicyclic amines) is 1. The Morgan fingerprint density at radius 1 is 1.32 bits per heavy atom. The van der Waals surface area contributed by atoms with Crippen LogP contribution in [0.5, 0.6) is 0 Å². The highest BCUT2D eigenvalue weighted by molar-refractivity contribution is 5.85. The maximum absolute atomic E-state index is 11.9. The molecule has 0 aromatic carbocycles. The molecule has 7 heteroatoms. The van der Waals surface area contributed by atoms with Crippen LogP contribution in [0.3, 0.4) is 0 Å². The summed E-state index contributed by atoms with van der Waals surface area (Å²) in [6.07, 6.45) is 0.619. The summed E-state index contributed by atoms with van der Waals surface area (Å²) in [6.45, 7) is 10.1. The Bertz CT molecular complexity index is 394. The molecule has 1 aliphatic rings. The summed E-state index contributed by atoms with van der Waals surface area (Å²) in [4.78, 5) is 25.5. The molecular formula is C15H28N2O5. The van der Waals surface area contributed by atoms with Crippen molar-refractivity contribution >= 4 is 12.1 Å². The number of carboxylic acids is 1. The number of hydrogen-bond donors (Lipinski definition) is 2. The highest BCUT2D eigenvalue weighted by Gasteiger charge is 2.46. The van der Waals surface area contributed by atoms with E-state index in [9.17, 15) is 14.7 Å². The van der Waals surface area contributed by atoms with E-state index in [-0.39, 0.29) is 6.54 Å². The van der Waals surface area contributed by atoms with Crippen molar-refractivity contribution in [2.75, 3.05) is 32.8 Å². The van der Waals surface area contributed by atoms with Crippen LogP contribution in [0, 0.1) is 0 Å². The number of carbonyl (C=O) groups is 2. The van der Waals surface area contributed by atoms with Crippen LogP contribution in [0.25, 0.3) is 0 Å². The van der Waals surface area contributed by atoms with Gasteiger partial charge >= 0.3 is 12.1 Å². The minimum Gasteiger partial charge on any atom is -0.479 e. The van der Waals surface area contributed by atoms with Gasteiger partial charge in [-0.3, -0.25) is 4.90 Å². The van der Waals surface area contributed by atoms with Crippen molar-refractivity contribution in [3.05, 3.63) is 0 Å². The van der Waals surface area contributed by atoms with Crippen molar-refractivity contribution < 1.29 is 24.2 Å². The standard InChI is InChI=1S/C15H28N2O5/c1-5-9-21-10-8-17-7-6-15(11-17,12(18)19)16-13(20)22-14(2,3)4/h5-11H2,1-4H3,(H,16,20)(H,18,19). The van der Waals surface area contributed by atoms with Crippen molar-refractivity contribution in [2.24, 2.45) is 0 Å². The zero-order valence-electron chi connectivity index (χ0n) is 14.0. The van der Waals surface area contributed by atoms with Gasteiger partial charge < -0.3 is 19.9 Å². The Hall–Kier alpha value is -1.34. The maximum Gasteiger partial charge on any atom is 0.408 e.